The fraction of sp³-hybridized carbons (Fsp3) is 0.533. The molecule has 2 rings (SSSR count). The summed E-state index contributed by atoms with van der Waals surface area (Å²) in [6.45, 7) is 2.26. The van der Waals surface area contributed by atoms with Gasteiger partial charge >= 0.3 is 0 Å². The van der Waals surface area contributed by atoms with Gasteiger partial charge in [0.15, 0.2) is 0 Å². The van der Waals surface area contributed by atoms with Gasteiger partial charge in [-0.3, -0.25) is 0 Å². The minimum atomic E-state index is 0.259. The molecule has 1 aliphatic rings. The molecule has 19 heavy (non-hydrogen) atoms. The molecule has 0 bridgehead atoms. The van der Waals surface area contributed by atoms with Crippen molar-refractivity contribution in [1.29, 1.82) is 0 Å². The lowest BCUT2D eigenvalue weighted by molar-refractivity contribution is 0.130. The summed E-state index contributed by atoms with van der Waals surface area (Å²) in [7, 11) is 0. The highest BCUT2D eigenvalue weighted by Crippen LogP contribution is 2.31. The Morgan fingerprint density at radius 2 is 2.05 bits per heavy atom. The minimum absolute atomic E-state index is 0.259. The Morgan fingerprint density at radius 1 is 1.37 bits per heavy atom. The van der Waals surface area contributed by atoms with Crippen LogP contribution in [0, 0.1) is 5.92 Å². The van der Waals surface area contributed by atoms with Crippen molar-refractivity contribution in [3.8, 4) is 5.75 Å². The molecule has 0 atom stereocenters. The second-order valence-corrected chi connectivity index (χ2v) is 6.05. The van der Waals surface area contributed by atoms with E-state index in [1.165, 1.54) is 19.3 Å². The largest absolute Gasteiger partial charge is 0.490 e. The van der Waals surface area contributed by atoms with Crippen LogP contribution in [0.4, 0.5) is 0 Å². The third-order valence-electron chi connectivity index (χ3n) is 3.87. The number of halogens is 1. The van der Waals surface area contributed by atoms with Crippen molar-refractivity contribution in [2.75, 3.05) is 0 Å². The van der Waals surface area contributed by atoms with Crippen LogP contribution in [-0.2, 0) is 0 Å². The number of hydrogen-bond donors (Lipinski definition) is 1. The van der Waals surface area contributed by atoms with Gasteiger partial charge in [0.05, 0.1) is 11.7 Å². The minimum Gasteiger partial charge on any atom is -0.490 e. The van der Waals surface area contributed by atoms with Crippen LogP contribution in [0.1, 0.15) is 44.6 Å². The van der Waals surface area contributed by atoms with E-state index in [0.29, 0.717) is 10.0 Å². The molecule has 0 aliphatic heterocycles. The van der Waals surface area contributed by atoms with Crippen molar-refractivity contribution < 1.29 is 4.74 Å². The molecule has 0 heterocycles. The lowest BCUT2D eigenvalue weighted by atomic mass is 9.86. The summed E-state index contributed by atoms with van der Waals surface area (Å²) in [5, 5.41) is 0.650. The number of rotatable bonds is 4. The number of thiocarbonyl (C=S) groups is 1. The van der Waals surface area contributed by atoms with Crippen molar-refractivity contribution in [2.45, 2.75) is 45.1 Å². The molecule has 1 aliphatic carbocycles. The van der Waals surface area contributed by atoms with Gasteiger partial charge in [0.2, 0.25) is 0 Å². The summed E-state index contributed by atoms with van der Waals surface area (Å²) in [6, 6.07) is 5.43. The standard InChI is InChI=1S/C15H20ClNOS/c1-2-10-3-6-12(7-4-10)18-14-9-11(16)5-8-13(14)15(17)19/h5,8-10,12H,2-4,6-7H2,1H3,(H2,17,19). The van der Waals surface area contributed by atoms with E-state index in [2.05, 4.69) is 6.92 Å². The summed E-state index contributed by atoms with van der Waals surface area (Å²) < 4.78 is 6.07. The first-order valence-corrected chi connectivity index (χ1v) is 7.64. The molecule has 4 heteroatoms. The van der Waals surface area contributed by atoms with E-state index in [9.17, 15) is 0 Å². The number of nitrogens with two attached hydrogens (primary N) is 1. The van der Waals surface area contributed by atoms with Crippen molar-refractivity contribution in [3.05, 3.63) is 28.8 Å². The number of hydrogen-bond acceptors (Lipinski definition) is 2. The number of benzene rings is 1. The summed E-state index contributed by atoms with van der Waals surface area (Å²) in [4.78, 5) is 0.355. The van der Waals surface area contributed by atoms with E-state index in [1.807, 2.05) is 12.1 Å². The van der Waals surface area contributed by atoms with Crippen LogP contribution in [0.5, 0.6) is 5.75 Å². The normalized spacial score (nSPS) is 23.1. The van der Waals surface area contributed by atoms with Crippen molar-refractivity contribution in [3.63, 3.8) is 0 Å². The average molecular weight is 298 g/mol. The zero-order valence-electron chi connectivity index (χ0n) is 11.2. The Morgan fingerprint density at radius 3 is 2.63 bits per heavy atom. The maximum absolute atomic E-state index is 6.07. The van der Waals surface area contributed by atoms with Gasteiger partial charge in [-0.15, -0.1) is 0 Å². The first kappa shape index (κ1) is 14.6. The molecule has 1 aromatic rings. The quantitative estimate of drug-likeness (QED) is 0.841. The van der Waals surface area contributed by atoms with Gasteiger partial charge in [0.25, 0.3) is 0 Å². The Kier molecular flexibility index (Phi) is 5.06. The second-order valence-electron chi connectivity index (χ2n) is 5.17. The fourth-order valence-corrected chi connectivity index (χ4v) is 2.97. The van der Waals surface area contributed by atoms with Gasteiger partial charge < -0.3 is 10.5 Å². The number of ether oxygens (including phenoxy) is 1. The zero-order valence-corrected chi connectivity index (χ0v) is 12.8. The van der Waals surface area contributed by atoms with Gasteiger partial charge in [0, 0.05) is 5.02 Å². The molecule has 0 unspecified atom stereocenters. The van der Waals surface area contributed by atoms with E-state index in [1.54, 1.807) is 6.07 Å². The third-order valence-corrected chi connectivity index (χ3v) is 4.33. The molecule has 1 saturated carbocycles. The van der Waals surface area contributed by atoms with Gasteiger partial charge in [0.1, 0.15) is 10.7 Å². The smallest absolute Gasteiger partial charge is 0.131 e. The molecule has 2 N–H and O–H groups in total. The Bertz CT molecular complexity index is 455. The molecule has 2 nitrogen and oxygen atoms in total. The molecule has 0 spiro atoms. The highest BCUT2D eigenvalue weighted by molar-refractivity contribution is 7.80. The first-order chi connectivity index (χ1) is 9.10. The van der Waals surface area contributed by atoms with E-state index in [0.717, 1.165) is 30.1 Å². The summed E-state index contributed by atoms with van der Waals surface area (Å²) in [6.07, 6.45) is 6.20. The molecule has 0 aromatic heterocycles. The maximum atomic E-state index is 6.07. The molecular weight excluding hydrogens is 278 g/mol. The van der Waals surface area contributed by atoms with Crippen LogP contribution in [0.3, 0.4) is 0 Å². The predicted molar refractivity (Wildman–Crippen MR) is 84.0 cm³/mol. The molecular formula is C15H20ClNOS. The monoisotopic (exact) mass is 297 g/mol. The van der Waals surface area contributed by atoms with E-state index in [-0.39, 0.29) is 6.10 Å². The highest BCUT2D eigenvalue weighted by Gasteiger charge is 2.22. The second kappa shape index (κ2) is 6.58. The Hall–Kier alpha value is -0.800. The van der Waals surface area contributed by atoms with Gasteiger partial charge in [-0.05, 0) is 49.8 Å². The maximum Gasteiger partial charge on any atom is 0.131 e. The van der Waals surface area contributed by atoms with Gasteiger partial charge in [-0.25, -0.2) is 0 Å². The van der Waals surface area contributed by atoms with Gasteiger partial charge in [-0.1, -0.05) is 37.2 Å². The van der Waals surface area contributed by atoms with Crippen LogP contribution >= 0.6 is 23.8 Å². The Labute approximate surface area is 125 Å². The van der Waals surface area contributed by atoms with Gasteiger partial charge in [-0.2, -0.15) is 0 Å². The fourth-order valence-electron chi connectivity index (χ4n) is 2.63. The molecule has 0 saturated heterocycles. The Balaban J connectivity index is 2.06. The molecule has 0 radical (unpaired) electrons. The summed E-state index contributed by atoms with van der Waals surface area (Å²) in [5.74, 6) is 1.58. The van der Waals surface area contributed by atoms with E-state index >= 15 is 0 Å². The van der Waals surface area contributed by atoms with Crippen molar-refractivity contribution in [1.82, 2.24) is 0 Å². The average Bonchev–Trinajstić information content (AvgIpc) is 2.39. The van der Waals surface area contributed by atoms with E-state index in [4.69, 9.17) is 34.3 Å². The molecule has 1 aromatic carbocycles. The summed E-state index contributed by atoms with van der Waals surface area (Å²) >= 11 is 11.1. The lowest BCUT2D eigenvalue weighted by Gasteiger charge is -2.29. The predicted octanol–water partition coefficient (Wildman–Crippen LogP) is 4.32. The first-order valence-electron chi connectivity index (χ1n) is 6.86. The van der Waals surface area contributed by atoms with Crippen LogP contribution in [0.2, 0.25) is 5.02 Å². The molecule has 1 fully saturated rings. The SMILES string of the molecule is CCC1CCC(Oc2cc(Cl)ccc2C(N)=S)CC1. The van der Waals surface area contributed by atoms with Crippen LogP contribution < -0.4 is 10.5 Å². The lowest BCUT2D eigenvalue weighted by Crippen LogP contribution is -2.25. The van der Waals surface area contributed by atoms with Crippen molar-refractivity contribution >= 4 is 28.8 Å². The third kappa shape index (κ3) is 3.83. The molecule has 0 amide bonds. The van der Waals surface area contributed by atoms with Crippen LogP contribution in [0.25, 0.3) is 0 Å². The zero-order chi connectivity index (χ0) is 13.8. The van der Waals surface area contributed by atoms with Crippen molar-refractivity contribution in [2.24, 2.45) is 11.7 Å². The van der Waals surface area contributed by atoms with Crippen LogP contribution in [-0.4, -0.2) is 11.1 Å². The molecule has 104 valence electrons. The van der Waals surface area contributed by atoms with E-state index < -0.39 is 0 Å². The highest BCUT2D eigenvalue weighted by atomic mass is 35.5. The summed E-state index contributed by atoms with van der Waals surface area (Å²) in [5.41, 5.74) is 6.50. The topological polar surface area (TPSA) is 35.2 Å². The van der Waals surface area contributed by atoms with Crippen LogP contribution in [0.15, 0.2) is 18.2 Å².